The van der Waals surface area contributed by atoms with E-state index in [1.54, 1.807) is 13.8 Å². The Morgan fingerprint density at radius 2 is 1.42 bits per heavy atom. The van der Waals surface area contributed by atoms with Crippen molar-refractivity contribution >= 4 is 11.9 Å². The second-order valence-corrected chi connectivity index (χ2v) is 7.20. The Kier molecular flexibility index (Phi) is 13.3. The van der Waals surface area contributed by atoms with E-state index in [4.69, 9.17) is 9.84 Å². The highest BCUT2D eigenvalue weighted by molar-refractivity contribution is 5.82. The van der Waals surface area contributed by atoms with E-state index in [-0.39, 0.29) is 6.42 Å². The Morgan fingerprint density at radius 3 is 1.92 bits per heavy atom. The van der Waals surface area contributed by atoms with Crippen molar-refractivity contribution in [2.75, 3.05) is 0 Å². The summed E-state index contributed by atoms with van der Waals surface area (Å²) in [6, 6.07) is 0. The summed E-state index contributed by atoms with van der Waals surface area (Å²) >= 11 is 0. The first-order valence-electron chi connectivity index (χ1n) is 9.48. The molecule has 24 heavy (non-hydrogen) atoms. The van der Waals surface area contributed by atoms with Crippen LogP contribution in [0.5, 0.6) is 0 Å². The summed E-state index contributed by atoms with van der Waals surface area (Å²) in [5.74, 6) is -1.49. The van der Waals surface area contributed by atoms with Crippen molar-refractivity contribution in [3.05, 3.63) is 12.3 Å². The summed E-state index contributed by atoms with van der Waals surface area (Å²) in [7, 11) is 0. The molecule has 0 heterocycles. The standard InChI is InChI=1S/C20H36O4/c1-4-5-6-7-8-9-10-11-12-13-14-15-16-24-19(23)20(2,3)17-18(21)22/h15-16H,4-14,17H2,1-3H3,(H,21,22). The maximum Gasteiger partial charge on any atom is 0.316 e. The SMILES string of the molecule is CCCCCCCCCCCCC=COC(=O)C(C)(C)CC(=O)O. The van der Waals surface area contributed by atoms with Gasteiger partial charge in [0.2, 0.25) is 0 Å². The lowest BCUT2D eigenvalue weighted by atomic mass is 9.90. The summed E-state index contributed by atoms with van der Waals surface area (Å²) in [5.41, 5.74) is -0.993. The van der Waals surface area contributed by atoms with Gasteiger partial charge in [-0.05, 0) is 32.8 Å². The van der Waals surface area contributed by atoms with Gasteiger partial charge in [-0.3, -0.25) is 9.59 Å². The third kappa shape index (κ3) is 13.1. The minimum absolute atomic E-state index is 0.224. The van der Waals surface area contributed by atoms with Gasteiger partial charge in [0.25, 0.3) is 0 Å². The fraction of sp³-hybridized carbons (Fsp3) is 0.800. The second-order valence-electron chi connectivity index (χ2n) is 7.20. The lowest BCUT2D eigenvalue weighted by Crippen LogP contribution is -2.28. The Morgan fingerprint density at radius 1 is 0.917 bits per heavy atom. The van der Waals surface area contributed by atoms with Gasteiger partial charge in [-0.2, -0.15) is 0 Å². The van der Waals surface area contributed by atoms with Crippen LogP contribution in [0.2, 0.25) is 0 Å². The molecule has 0 aromatic heterocycles. The molecular weight excluding hydrogens is 304 g/mol. The molecule has 0 aromatic carbocycles. The third-order valence-corrected chi connectivity index (χ3v) is 4.14. The molecule has 4 nitrogen and oxygen atoms in total. The summed E-state index contributed by atoms with van der Waals surface area (Å²) in [4.78, 5) is 22.4. The Balaban J connectivity index is 3.53. The number of rotatable bonds is 15. The molecule has 0 unspecified atom stereocenters. The van der Waals surface area contributed by atoms with Crippen molar-refractivity contribution < 1.29 is 19.4 Å². The van der Waals surface area contributed by atoms with Crippen LogP contribution in [0, 0.1) is 5.41 Å². The van der Waals surface area contributed by atoms with Crippen molar-refractivity contribution in [2.24, 2.45) is 5.41 Å². The molecule has 0 rings (SSSR count). The normalized spacial score (nSPS) is 11.8. The predicted molar refractivity (Wildman–Crippen MR) is 97.7 cm³/mol. The number of ether oxygens (including phenoxy) is 1. The van der Waals surface area contributed by atoms with Crippen molar-refractivity contribution in [2.45, 2.75) is 97.8 Å². The molecular formula is C20H36O4. The Bertz CT molecular complexity index is 372. The number of carbonyl (C=O) groups is 2. The van der Waals surface area contributed by atoms with Crippen molar-refractivity contribution in [1.82, 2.24) is 0 Å². The van der Waals surface area contributed by atoms with Gasteiger partial charge in [0, 0.05) is 0 Å². The van der Waals surface area contributed by atoms with Crippen molar-refractivity contribution in [3.63, 3.8) is 0 Å². The van der Waals surface area contributed by atoms with Gasteiger partial charge < -0.3 is 9.84 Å². The quantitative estimate of drug-likeness (QED) is 0.230. The zero-order valence-electron chi connectivity index (χ0n) is 15.8. The number of allylic oxidation sites excluding steroid dienone is 1. The van der Waals surface area contributed by atoms with Gasteiger partial charge in [0.1, 0.15) is 0 Å². The molecule has 0 radical (unpaired) electrons. The number of esters is 1. The highest BCUT2D eigenvalue weighted by atomic mass is 16.5. The van der Waals surface area contributed by atoms with Gasteiger partial charge >= 0.3 is 11.9 Å². The molecule has 0 bridgehead atoms. The minimum atomic E-state index is -0.994. The smallest absolute Gasteiger partial charge is 0.316 e. The number of hydrogen-bond donors (Lipinski definition) is 1. The molecule has 0 aromatic rings. The monoisotopic (exact) mass is 340 g/mol. The number of unbranched alkanes of at least 4 members (excludes halogenated alkanes) is 10. The first kappa shape index (κ1) is 22.7. The van der Waals surface area contributed by atoms with E-state index in [1.165, 1.54) is 64.0 Å². The van der Waals surface area contributed by atoms with Gasteiger partial charge in [0.15, 0.2) is 0 Å². The maximum atomic E-state index is 11.8. The number of carbonyl (C=O) groups excluding carboxylic acids is 1. The van der Waals surface area contributed by atoms with Crippen LogP contribution in [0.1, 0.15) is 97.8 Å². The van der Waals surface area contributed by atoms with E-state index >= 15 is 0 Å². The zero-order valence-corrected chi connectivity index (χ0v) is 15.8. The Labute approximate surface area is 147 Å². The van der Waals surface area contributed by atoms with Gasteiger partial charge in [-0.15, -0.1) is 0 Å². The van der Waals surface area contributed by atoms with Gasteiger partial charge in [-0.25, -0.2) is 0 Å². The van der Waals surface area contributed by atoms with E-state index in [9.17, 15) is 9.59 Å². The molecule has 4 heteroatoms. The molecule has 1 N–H and O–H groups in total. The molecule has 0 atom stereocenters. The number of carboxylic acids is 1. The van der Waals surface area contributed by atoms with Crippen molar-refractivity contribution in [3.8, 4) is 0 Å². The van der Waals surface area contributed by atoms with E-state index in [2.05, 4.69) is 6.92 Å². The van der Waals surface area contributed by atoms with E-state index in [1.807, 2.05) is 6.08 Å². The van der Waals surface area contributed by atoms with Crippen LogP contribution in [-0.4, -0.2) is 17.0 Å². The average molecular weight is 341 g/mol. The van der Waals surface area contributed by atoms with Crippen LogP contribution in [0.4, 0.5) is 0 Å². The lowest BCUT2D eigenvalue weighted by Gasteiger charge is -2.18. The molecule has 0 aliphatic rings. The predicted octanol–water partition coefficient (Wildman–Crippen LogP) is 5.86. The minimum Gasteiger partial charge on any atom is -0.481 e. The van der Waals surface area contributed by atoms with Crippen molar-refractivity contribution in [1.29, 1.82) is 0 Å². The summed E-state index contributed by atoms with van der Waals surface area (Å²) in [5, 5.41) is 8.76. The largest absolute Gasteiger partial charge is 0.481 e. The topological polar surface area (TPSA) is 63.6 Å². The molecule has 0 spiro atoms. The lowest BCUT2D eigenvalue weighted by molar-refractivity contribution is -0.154. The molecule has 0 saturated heterocycles. The number of aliphatic carboxylic acids is 1. The first-order valence-corrected chi connectivity index (χ1v) is 9.48. The fourth-order valence-electron chi connectivity index (χ4n) is 2.54. The summed E-state index contributed by atoms with van der Waals surface area (Å²) < 4.78 is 5.02. The molecule has 0 aliphatic heterocycles. The third-order valence-electron chi connectivity index (χ3n) is 4.14. The summed E-state index contributed by atoms with van der Waals surface area (Å²) in [6.45, 7) is 5.41. The highest BCUT2D eigenvalue weighted by Gasteiger charge is 2.31. The number of hydrogen-bond acceptors (Lipinski definition) is 3. The van der Waals surface area contributed by atoms with Gasteiger partial charge in [0.05, 0.1) is 18.1 Å². The zero-order chi connectivity index (χ0) is 18.3. The van der Waals surface area contributed by atoms with E-state index in [0.29, 0.717) is 0 Å². The van der Waals surface area contributed by atoms with Crippen LogP contribution in [0.15, 0.2) is 12.3 Å². The average Bonchev–Trinajstić information content (AvgIpc) is 2.50. The van der Waals surface area contributed by atoms with Crippen LogP contribution in [0.25, 0.3) is 0 Å². The highest BCUT2D eigenvalue weighted by Crippen LogP contribution is 2.22. The molecule has 0 amide bonds. The van der Waals surface area contributed by atoms with Crippen LogP contribution in [-0.2, 0) is 14.3 Å². The van der Waals surface area contributed by atoms with E-state index < -0.39 is 17.4 Å². The molecule has 140 valence electrons. The molecule has 0 aliphatic carbocycles. The van der Waals surface area contributed by atoms with Gasteiger partial charge in [-0.1, -0.05) is 64.7 Å². The van der Waals surface area contributed by atoms with Crippen LogP contribution >= 0.6 is 0 Å². The van der Waals surface area contributed by atoms with Crippen LogP contribution in [0.3, 0.4) is 0 Å². The first-order chi connectivity index (χ1) is 11.4. The Hall–Kier alpha value is -1.32. The second kappa shape index (κ2) is 14.1. The van der Waals surface area contributed by atoms with E-state index in [0.717, 1.165) is 12.8 Å². The molecule has 0 fully saturated rings. The fourth-order valence-corrected chi connectivity index (χ4v) is 2.54. The summed E-state index contributed by atoms with van der Waals surface area (Å²) in [6.07, 6.45) is 16.9. The van der Waals surface area contributed by atoms with Crippen LogP contribution < -0.4 is 0 Å². The maximum absolute atomic E-state index is 11.8. The molecule has 0 saturated carbocycles. The number of carboxylic acid groups (broad SMARTS) is 1.